The van der Waals surface area contributed by atoms with Crippen molar-refractivity contribution in [2.45, 2.75) is 25.8 Å². The summed E-state index contributed by atoms with van der Waals surface area (Å²) >= 11 is 6.00. The van der Waals surface area contributed by atoms with Crippen LogP contribution in [0.1, 0.15) is 31.4 Å². The Labute approximate surface area is 120 Å². The summed E-state index contributed by atoms with van der Waals surface area (Å²) in [5, 5.41) is 4.21. The van der Waals surface area contributed by atoms with Gasteiger partial charge in [0.05, 0.1) is 11.5 Å². The van der Waals surface area contributed by atoms with Crippen LogP contribution in [0.3, 0.4) is 0 Å². The Bertz CT molecular complexity index is 530. The number of hydrogen-bond acceptors (Lipinski definition) is 3. The quantitative estimate of drug-likeness (QED) is 0.909. The zero-order valence-electron chi connectivity index (χ0n) is 11.1. The Morgan fingerprint density at radius 3 is 2.84 bits per heavy atom. The van der Waals surface area contributed by atoms with E-state index in [-0.39, 0.29) is 12.0 Å². The van der Waals surface area contributed by atoms with Crippen LogP contribution in [0.2, 0.25) is 5.02 Å². The molecule has 1 fully saturated rings. The highest BCUT2D eigenvalue weighted by atomic mass is 35.5. The van der Waals surface area contributed by atoms with Crippen LogP contribution in [0.25, 0.3) is 0 Å². The van der Waals surface area contributed by atoms with E-state index in [1.165, 1.54) is 0 Å². The molecule has 1 heterocycles. The molecule has 19 heavy (non-hydrogen) atoms. The Morgan fingerprint density at radius 1 is 1.47 bits per heavy atom. The summed E-state index contributed by atoms with van der Waals surface area (Å²) in [6, 6.07) is 8.07. The summed E-state index contributed by atoms with van der Waals surface area (Å²) in [6.45, 7) is 2.87. The van der Waals surface area contributed by atoms with Gasteiger partial charge >= 0.3 is 0 Å². The second kappa shape index (κ2) is 6.25. The molecule has 2 unspecified atom stereocenters. The normalized spacial score (nSPS) is 23.4. The molecular formula is C14H20ClNO2S. The first-order valence-electron chi connectivity index (χ1n) is 6.69. The highest BCUT2D eigenvalue weighted by molar-refractivity contribution is 7.91. The van der Waals surface area contributed by atoms with Gasteiger partial charge in [0.25, 0.3) is 0 Å². The van der Waals surface area contributed by atoms with Crippen LogP contribution in [-0.2, 0) is 9.84 Å². The first-order valence-corrected chi connectivity index (χ1v) is 8.89. The number of hydrogen-bond donors (Lipinski definition) is 1. The minimum absolute atomic E-state index is 0.238. The fourth-order valence-corrected chi connectivity index (χ4v) is 4.62. The second-order valence-corrected chi connectivity index (χ2v) is 7.86. The first-order chi connectivity index (χ1) is 9.00. The van der Waals surface area contributed by atoms with E-state index in [0.29, 0.717) is 11.5 Å². The lowest BCUT2D eigenvalue weighted by Gasteiger charge is -2.19. The molecule has 0 saturated carbocycles. The largest absolute Gasteiger partial charge is 0.310 e. The summed E-state index contributed by atoms with van der Waals surface area (Å²) in [4.78, 5) is 0. The van der Waals surface area contributed by atoms with Crippen molar-refractivity contribution in [3.05, 3.63) is 34.9 Å². The van der Waals surface area contributed by atoms with E-state index >= 15 is 0 Å². The fraction of sp³-hybridized carbons (Fsp3) is 0.571. The van der Waals surface area contributed by atoms with Gasteiger partial charge in [-0.2, -0.15) is 0 Å². The highest BCUT2D eigenvalue weighted by Crippen LogP contribution is 2.22. The van der Waals surface area contributed by atoms with Crippen molar-refractivity contribution in [3.63, 3.8) is 0 Å². The van der Waals surface area contributed by atoms with Crippen LogP contribution in [-0.4, -0.2) is 26.5 Å². The third-order valence-corrected chi connectivity index (χ3v) is 5.71. The molecular weight excluding hydrogens is 282 g/mol. The van der Waals surface area contributed by atoms with Crippen LogP contribution < -0.4 is 5.32 Å². The van der Waals surface area contributed by atoms with E-state index in [1.54, 1.807) is 0 Å². The van der Waals surface area contributed by atoms with E-state index in [4.69, 9.17) is 11.6 Å². The number of nitrogens with one attached hydrogen (secondary N) is 1. The maximum atomic E-state index is 11.4. The molecule has 2 atom stereocenters. The molecule has 3 nitrogen and oxygen atoms in total. The van der Waals surface area contributed by atoms with E-state index in [9.17, 15) is 8.42 Å². The predicted molar refractivity (Wildman–Crippen MR) is 79.2 cm³/mol. The Balaban J connectivity index is 1.93. The zero-order valence-corrected chi connectivity index (χ0v) is 12.7. The predicted octanol–water partition coefficient (Wildman–Crippen LogP) is 2.82. The van der Waals surface area contributed by atoms with Gasteiger partial charge in [0.2, 0.25) is 0 Å². The number of benzene rings is 1. The first kappa shape index (κ1) is 14.8. The van der Waals surface area contributed by atoms with Gasteiger partial charge < -0.3 is 5.32 Å². The minimum Gasteiger partial charge on any atom is -0.310 e. The lowest BCUT2D eigenvalue weighted by atomic mass is 10.0. The van der Waals surface area contributed by atoms with Crippen molar-refractivity contribution in [1.82, 2.24) is 5.32 Å². The molecule has 1 saturated heterocycles. The van der Waals surface area contributed by atoms with Crippen molar-refractivity contribution < 1.29 is 8.42 Å². The summed E-state index contributed by atoms with van der Waals surface area (Å²) in [6.07, 6.45) is 1.74. The van der Waals surface area contributed by atoms with Crippen LogP contribution >= 0.6 is 11.6 Å². The molecule has 1 N–H and O–H groups in total. The molecule has 0 radical (unpaired) electrons. The molecule has 5 heteroatoms. The van der Waals surface area contributed by atoms with E-state index in [0.717, 1.165) is 30.0 Å². The highest BCUT2D eigenvalue weighted by Gasteiger charge is 2.28. The molecule has 0 spiro atoms. The average molecular weight is 302 g/mol. The Kier molecular flexibility index (Phi) is 4.87. The third-order valence-electron chi connectivity index (χ3n) is 3.64. The molecule has 1 aromatic carbocycles. The number of halogens is 1. The SMILES string of the molecule is CCC(NCC1CCS(=O)(=O)C1)c1cccc(Cl)c1. The standard InChI is InChI=1S/C14H20ClNO2S/c1-2-14(12-4-3-5-13(15)8-12)16-9-11-6-7-19(17,18)10-11/h3-5,8,11,14,16H,2,6-7,9-10H2,1H3. The molecule has 2 rings (SSSR count). The molecule has 0 aliphatic carbocycles. The topological polar surface area (TPSA) is 46.2 Å². The van der Waals surface area contributed by atoms with Gasteiger partial charge in [0.1, 0.15) is 0 Å². The molecule has 1 aliphatic heterocycles. The van der Waals surface area contributed by atoms with Crippen molar-refractivity contribution >= 4 is 21.4 Å². The van der Waals surface area contributed by atoms with Gasteiger partial charge in [0.15, 0.2) is 9.84 Å². The lowest BCUT2D eigenvalue weighted by molar-refractivity contribution is 0.450. The Morgan fingerprint density at radius 2 is 2.26 bits per heavy atom. The van der Waals surface area contributed by atoms with Crippen molar-refractivity contribution in [2.75, 3.05) is 18.1 Å². The monoisotopic (exact) mass is 301 g/mol. The van der Waals surface area contributed by atoms with Crippen molar-refractivity contribution in [1.29, 1.82) is 0 Å². The van der Waals surface area contributed by atoms with Gasteiger partial charge in [-0.25, -0.2) is 8.42 Å². The van der Waals surface area contributed by atoms with Crippen molar-refractivity contribution in [2.24, 2.45) is 5.92 Å². The smallest absolute Gasteiger partial charge is 0.150 e. The summed E-state index contributed by atoms with van der Waals surface area (Å²) < 4.78 is 22.8. The van der Waals surface area contributed by atoms with Gasteiger partial charge in [-0.15, -0.1) is 0 Å². The summed E-state index contributed by atoms with van der Waals surface area (Å²) in [5.74, 6) is 0.914. The minimum atomic E-state index is -2.78. The van der Waals surface area contributed by atoms with Gasteiger partial charge in [0, 0.05) is 11.1 Å². The molecule has 0 bridgehead atoms. The summed E-state index contributed by atoms with van der Waals surface area (Å²) in [5.41, 5.74) is 1.16. The number of rotatable bonds is 5. The second-order valence-electron chi connectivity index (χ2n) is 5.19. The maximum Gasteiger partial charge on any atom is 0.150 e. The number of sulfone groups is 1. The molecule has 1 aliphatic rings. The molecule has 0 aromatic heterocycles. The van der Waals surface area contributed by atoms with Gasteiger partial charge in [-0.3, -0.25) is 0 Å². The van der Waals surface area contributed by atoms with E-state index in [1.807, 2.05) is 18.2 Å². The van der Waals surface area contributed by atoms with E-state index < -0.39 is 9.84 Å². The van der Waals surface area contributed by atoms with Crippen LogP contribution in [0.4, 0.5) is 0 Å². The maximum absolute atomic E-state index is 11.4. The van der Waals surface area contributed by atoms with Crippen LogP contribution in [0.5, 0.6) is 0 Å². The van der Waals surface area contributed by atoms with E-state index in [2.05, 4.69) is 18.3 Å². The average Bonchev–Trinajstić information content (AvgIpc) is 2.70. The van der Waals surface area contributed by atoms with Gasteiger partial charge in [-0.05, 0) is 43.0 Å². The molecule has 0 amide bonds. The summed E-state index contributed by atoms with van der Waals surface area (Å²) in [7, 11) is -2.78. The van der Waals surface area contributed by atoms with Crippen molar-refractivity contribution in [3.8, 4) is 0 Å². The van der Waals surface area contributed by atoms with Crippen LogP contribution in [0.15, 0.2) is 24.3 Å². The molecule has 106 valence electrons. The molecule has 1 aromatic rings. The Hall–Kier alpha value is -0.580. The lowest BCUT2D eigenvalue weighted by Crippen LogP contribution is -2.27. The van der Waals surface area contributed by atoms with Gasteiger partial charge in [-0.1, -0.05) is 30.7 Å². The fourth-order valence-electron chi connectivity index (χ4n) is 2.56. The van der Waals surface area contributed by atoms with Crippen LogP contribution in [0, 0.1) is 5.92 Å². The zero-order chi connectivity index (χ0) is 13.9. The third kappa shape index (κ3) is 4.20.